The lowest BCUT2D eigenvalue weighted by atomic mass is 10.0. The van der Waals surface area contributed by atoms with Crippen molar-refractivity contribution in [3.8, 4) is 0 Å². The number of nitrogens with zero attached hydrogens (tertiary/aromatic N) is 1. The first-order valence-corrected chi connectivity index (χ1v) is 20.2. The van der Waals surface area contributed by atoms with Gasteiger partial charge in [-0.25, -0.2) is 0 Å². The zero-order valence-corrected chi connectivity index (χ0v) is 25.3. The second-order valence-corrected chi connectivity index (χ2v) is 20.2. The van der Waals surface area contributed by atoms with Gasteiger partial charge in [0.25, 0.3) is 5.97 Å². The highest BCUT2D eigenvalue weighted by molar-refractivity contribution is 6.71. The molecule has 0 spiro atoms. The normalized spacial score (nSPS) is 17.1. The third kappa shape index (κ3) is 14.3. The van der Waals surface area contributed by atoms with Gasteiger partial charge in [-0.3, -0.25) is 4.79 Å². The molecule has 0 saturated carbocycles. The SMILES string of the molecule is CCCCC[C@@H](/C=C/C1=C(CCCCCCC(=O)O[Si](C)(C)C)C(=N/OC)/CC1)O[Si](C)(C)C. The fourth-order valence-corrected chi connectivity index (χ4v) is 6.11. The summed E-state index contributed by atoms with van der Waals surface area (Å²) in [5.74, 6) is -0.0337. The van der Waals surface area contributed by atoms with Gasteiger partial charge in [0.15, 0.2) is 8.32 Å². The highest BCUT2D eigenvalue weighted by Crippen LogP contribution is 2.30. The van der Waals surface area contributed by atoms with Crippen LogP contribution in [0, 0.1) is 0 Å². The highest BCUT2D eigenvalue weighted by atomic mass is 28.4. The van der Waals surface area contributed by atoms with Crippen LogP contribution in [-0.2, 0) is 18.5 Å². The molecule has 0 aromatic carbocycles. The Balaban J connectivity index is 2.69. The van der Waals surface area contributed by atoms with Crippen LogP contribution in [0.5, 0.6) is 0 Å². The topological polar surface area (TPSA) is 57.1 Å². The zero-order valence-electron chi connectivity index (χ0n) is 23.3. The lowest BCUT2D eigenvalue weighted by molar-refractivity contribution is -0.135. The standard InChI is InChI=1S/C27H51NO4Si2/c1-9-10-13-16-24(31-33(3,4)5)21-19-23-20-22-26(28-30-2)25(23)17-14-11-12-15-18-27(29)32-34(6,7)8/h19,21,24H,9-18,20,22H2,1-8H3/b21-19+,28-26+/t24-/m0/s1. The van der Waals surface area contributed by atoms with E-state index in [4.69, 9.17) is 13.7 Å². The molecular weight excluding hydrogens is 458 g/mol. The van der Waals surface area contributed by atoms with E-state index >= 15 is 0 Å². The molecule has 7 heteroatoms. The molecule has 34 heavy (non-hydrogen) atoms. The van der Waals surface area contributed by atoms with Crippen LogP contribution in [0.3, 0.4) is 0 Å². The molecule has 0 bridgehead atoms. The Morgan fingerprint density at radius 1 is 0.971 bits per heavy atom. The fourth-order valence-electron chi connectivity index (χ4n) is 4.22. The van der Waals surface area contributed by atoms with Crippen LogP contribution in [0.15, 0.2) is 28.5 Å². The van der Waals surface area contributed by atoms with Crippen molar-refractivity contribution in [2.75, 3.05) is 7.11 Å². The molecule has 0 aromatic heterocycles. The van der Waals surface area contributed by atoms with Crippen LogP contribution < -0.4 is 0 Å². The second kappa shape index (κ2) is 15.7. The van der Waals surface area contributed by atoms with Crippen LogP contribution >= 0.6 is 0 Å². The molecule has 0 radical (unpaired) electrons. The molecule has 1 aliphatic carbocycles. The number of rotatable bonds is 17. The average molecular weight is 510 g/mol. The third-order valence-electron chi connectivity index (χ3n) is 5.66. The summed E-state index contributed by atoms with van der Waals surface area (Å²) in [4.78, 5) is 17.0. The van der Waals surface area contributed by atoms with Crippen molar-refractivity contribution in [2.24, 2.45) is 5.16 Å². The zero-order chi connectivity index (χ0) is 25.6. The fraction of sp³-hybridized carbons (Fsp3) is 0.778. The second-order valence-electron chi connectivity index (χ2n) is 11.3. The predicted molar refractivity (Wildman–Crippen MR) is 149 cm³/mol. The van der Waals surface area contributed by atoms with Crippen LogP contribution in [0.25, 0.3) is 0 Å². The smallest absolute Gasteiger partial charge is 0.292 e. The monoisotopic (exact) mass is 509 g/mol. The minimum Gasteiger partial charge on any atom is -0.520 e. The summed E-state index contributed by atoms with van der Waals surface area (Å²) in [6.07, 6.45) is 17.3. The van der Waals surface area contributed by atoms with Crippen molar-refractivity contribution < 1.29 is 18.5 Å². The van der Waals surface area contributed by atoms with E-state index in [9.17, 15) is 4.79 Å². The van der Waals surface area contributed by atoms with Gasteiger partial charge in [-0.05, 0) is 89.0 Å². The summed E-state index contributed by atoms with van der Waals surface area (Å²) in [5.41, 5.74) is 3.82. The van der Waals surface area contributed by atoms with Crippen LogP contribution in [0.2, 0.25) is 39.3 Å². The van der Waals surface area contributed by atoms with Gasteiger partial charge in [0.1, 0.15) is 7.11 Å². The third-order valence-corrected chi connectivity index (χ3v) is 7.51. The van der Waals surface area contributed by atoms with Crippen molar-refractivity contribution >= 4 is 28.3 Å². The minimum atomic E-state index is -1.77. The Labute approximate surface area is 211 Å². The molecule has 0 saturated heterocycles. The molecule has 0 N–H and O–H groups in total. The van der Waals surface area contributed by atoms with Gasteiger partial charge < -0.3 is 13.7 Å². The molecule has 1 atom stereocenters. The van der Waals surface area contributed by atoms with Crippen LogP contribution in [0.4, 0.5) is 0 Å². The molecule has 0 fully saturated rings. The maximum atomic E-state index is 11.9. The number of hydrogen-bond acceptors (Lipinski definition) is 5. The summed E-state index contributed by atoms with van der Waals surface area (Å²) in [6.45, 7) is 15.2. The van der Waals surface area contributed by atoms with Gasteiger partial charge in [0, 0.05) is 6.42 Å². The average Bonchev–Trinajstić information content (AvgIpc) is 3.08. The Morgan fingerprint density at radius 2 is 1.68 bits per heavy atom. The van der Waals surface area contributed by atoms with Gasteiger partial charge in [-0.15, -0.1) is 0 Å². The van der Waals surface area contributed by atoms with Gasteiger partial charge in [-0.2, -0.15) is 0 Å². The maximum absolute atomic E-state index is 11.9. The number of carbonyl (C=O) groups excluding carboxylic acids is 1. The summed E-state index contributed by atoms with van der Waals surface area (Å²) in [5, 5.41) is 4.32. The quantitative estimate of drug-likeness (QED) is 0.113. The molecule has 5 nitrogen and oxygen atoms in total. The molecule has 196 valence electrons. The van der Waals surface area contributed by atoms with E-state index in [1.54, 1.807) is 7.11 Å². The van der Waals surface area contributed by atoms with E-state index in [0.29, 0.717) is 6.42 Å². The first-order valence-electron chi connectivity index (χ1n) is 13.4. The Morgan fingerprint density at radius 3 is 2.29 bits per heavy atom. The van der Waals surface area contributed by atoms with Crippen LogP contribution in [0.1, 0.15) is 84.0 Å². The summed E-state index contributed by atoms with van der Waals surface area (Å²) < 4.78 is 12.0. The van der Waals surface area contributed by atoms with E-state index in [1.165, 1.54) is 30.4 Å². The van der Waals surface area contributed by atoms with Crippen molar-refractivity contribution in [2.45, 2.75) is 129 Å². The van der Waals surface area contributed by atoms with E-state index in [0.717, 1.165) is 57.1 Å². The summed E-state index contributed by atoms with van der Waals surface area (Å²) in [7, 11) is -1.74. The maximum Gasteiger partial charge on any atom is 0.292 e. The molecule has 0 heterocycles. The number of allylic oxidation sites excluding steroid dienone is 3. The van der Waals surface area contributed by atoms with E-state index in [1.807, 2.05) is 0 Å². The number of unbranched alkanes of at least 4 members (excludes halogenated alkanes) is 5. The molecule has 0 unspecified atom stereocenters. The van der Waals surface area contributed by atoms with Crippen molar-refractivity contribution in [3.63, 3.8) is 0 Å². The van der Waals surface area contributed by atoms with Crippen LogP contribution in [-0.4, -0.2) is 41.5 Å². The lowest BCUT2D eigenvalue weighted by Gasteiger charge is -2.24. The lowest BCUT2D eigenvalue weighted by Crippen LogP contribution is -2.31. The summed E-state index contributed by atoms with van der Waals surface area (Å²) in [6, 6.07) is 0. The molecular formula is C27H51NO4Si2. The number of oxime groups is 1. The predicted octanol–water partition coefficient (Wildman–Crippen LogP) is 8.15. The van der Waals surface area contributed by atoms with Gasteiger partial charge in [0.2, 0.25) is 8.32 Å². The van der Waals surface area contributed by atoms with Gasteiger partial charge >= 0.3 is 0 Å². The summed E-state index contributed by atoms with van der Waals surface area (Å²) >= 11 is 0. The van der Waals surface area contributed by atoms with Gasteiger partial charge in [0.05, 0.1) is 11.8 Å². The van der Waals surface area contributed by atoms with Crippen molar-refractivity contribution in [3.05, 3.63) is 23.3 Å². The van der Waals surface area contributed by atoms with E-state index < -0.39 is 16.6 Å². The van der Waals surface area contributed by atoms with Crippen molar-refractivity contribution in [1.82, 2.24) is 0 Å². The number of carbonyl (C=O) groups is 1. The van der Waals surface area contributed by atoms with E-state index in [-0.39, 0.29) is 12.1 Å². The minimum absolute atomic E-state index is 0.0337. The first-order chi connectivity index (χ1) is 15.9. The Kier molecular flexibility index (Phi) is 14.3. The van der Waals surface area contributed by atoms with E-state index in [2.05, 4.69) is 63.5 Å². The van der Waals surface area contributed by atoms with Gasteiger partial charge in [-0.1, -0.05) is 56.3 Å². The Bertz CT molecular complexity index is 702. The Hall–Kier alpha value is -1.19. The highest BCUT2D eigenvalue weighted by Gasteiger charge is 2.23. The molecule has 1 aliphatic rings. The first kappa shape index (κ1) is 30.8. The number of hydrogen-bond donors (Lipinski definition) is 0. The molecule has 0 aliphatic heterocycles. The van der Waals surface area contributed by atoms with Crippen molar-refractivity contribution in [1.29, 1.82) is 0 Å². The molecule has 1 rings (SSSR count). The molecule has 0 aromatic rings. The molecule has 0 amide bonds. The largest absolute Gasteiger partial charge is 0.520 e.